The van der Waals surface area contributed by atoms with Crippen LogP contribution in [-0.2, 0) is 0 Å². The topological polar surface area (TPSA) is 36.9 Å². The minimum atomic E-state index is 0.821. The smallest absolute Gasteiger partial charge is 0.127 e. The molecule has 0 N–H and O–H groups in total. The molecule has 3 heterocycles. The molecule has 0 saturated heterocycles. The molecular formula is C24H20O4S3. The molecule has 0 spiro atoms. The Morgan fingerprint density at radius 3 is 1.35 bits per heavy atom. The van der Waals surface area contributed by atoms with Crippen LogP contribution in [0.3, 0.4) is 0 Å². The molecule has 3 aromatic heterocycles. The van der Waals surface area contributed by atoms with Gasteiger partial charge < -0.3 is 18.9 Å². The highest BCUT2D eigenvalue weighted by atomic mass is 32.1. The molecule has 31 heavy (non-hydrogen) atoms. The molecule has 4 nitrogen and oxygen atoms in total. The third-order valence-corrected chi connectivity index (χ3v) is 9.01. The van der Waals surface area contributed by atoms with E-state index in [0.717, 1.165) is 34.1 Å². The molecule has 5 rings (SSSR count). The number of fused-ring (bicyclic) bond motifs is 3. The highest BCUT2D eigenvalue weighted by molar-refractivity contribution is 7.40. The second-order valence-electron chi connectivity index (χ2n) is 6.84. The summed E-state index contributed by atoms with van der Waals surface area (Å²) in [6, 6.07) is 16.3. The van der Waals surface area contributed by atoms with E-state index in [4.69, 9.17) is 18.9 Å². The number of hydrogen-bond acceptors (Lipinski definition) is 7. The van der Waals surface area contributed by atoms with Crippen molar-refractivity contribution in [2.75, 3.05) is 28.4 Å². The average Bonchev–Trinajstić information content (AvgIpc) is 3.48. The third-order valence-electron chi connectivity index (χ3n) is 5.17. The molecule has 0 amide bonds. The Balaban J connectivity index is 1.64. The van der Waals surface area contributed by atoms with E-state index in [9.17, 15) is 0 Å². The van der Waals surface area contributed by atoms with Crippen LogP contribution in [0.1, 0.15) is 0 Å². The van der Waals surface area contributed by atoms with Crippen LogP contribution in [0.15, 0.2) is 48.5 Å². The van der Waals surface area contributed by atoms with Gasteiger partial charge in [-0.1, -0.05) is 0 Å². The Kier molecular flexibility index (Phi) is 5.25. The number of rotatable bonds is 6. The van der Waals surface area contributed by atoms with E-state index in [2.05, 4.69) is 12.1 Å². The minimum absolute atomic E-state index is 0.821. The van der Waals surface area contributed by atoms with Crippen molar-refractivity contribution in [3.8, 4) is 43.9 Å². The van der Waals surface area contributed by atoms with E-state index >= 15 is 0 Å². The molecule has 0 unspecified atom stereocenters. The second-order valence-corrected chi connectivity index (χ2v) is 10.0. The van der Waals surface area contributed by atoms with E-state index in [1.165, 1.54) is 28.6 Å². The summed E-state index contributed by atoms with van der Waals surface area (Å²) >= 11 is 5.40. The number of benzene rings is 2. The van der Waals surface area contributed by atoms with Crippen LogP contribution in [0.5, 0.6) is 23.0 Å². The van der Waals surface area contributed by atoms with Crippen LogP contribution in [0, 0.1) is 0 Å². The highest BCUT2D eigenvalue weighted by Gasteiger charge is 2.18. The minimum Gasteiger partial charge on any atom is -0.497 e. The first-order valence-electron chi connectivity index (χ1n) is 9.56. The van der Waals surface area contributed by atoms with Gasteiger partial charge in [-0.3, -0.25) is 0 Å². The zero-order chi connectivity index (χ0) is 21.5. The lowest BCUT2D eigenvalue weighted by Crippen LogP contribution is -1.88. The Bertz CT molecular complexity index is 1290. The van der Waals surface area contributed by atoms with Crippen molar-refractivity contribution in [3.05, 3.63) is 48.5 Å². The molecule has 0 bridgehead atoms. The van der Waals surface area contributed by atoms with Crippen molar-refractivity contribution in [1.29, 1.82) is 0 Å². The Morgan fingerprint density at radius 2 is 0.968 bits per heavy atom. The lowest BCUT2D eigenvalue weighted by Gasteiger charge is -2.08. The first kappa shape index (κ1) is 20.2. The maximum absolute atomic E-state index is 5.60. The molecule has 0 aliphatic rings. The number of ether oxygens (including phenoxy) is 4. The predicted octanol–water partition coefficient (Wildman–Crippen LogP) is 7.55. The first-order chi connectivity index (χ1) is 15.1. The second kappa shape index (κ2) is 8.07. The summed E-state index contributed by atoms with van der Waals surface area (Å²) in [5.74, 6) is 3.33. The lowest BCUT2D eigenvalue weighted by molar-refractivity contribution is 0.404. The normalized spacial score (nSPS) is 11.2. The first-order valence-corrected chi connectivity index (χ1v) is 12.0. The summed E-state index contributed by atoms with van der Waals surface area (Å²) in [5.41, 5.74) is 2.10. The molecule has 2 aromatic carbocycles. The lowest BCUT2D eigenvalue weighted by atomic mass is 10.1. The largest absolute Gasteiger partial charge is 0.497 e. The van der Waals surface area contributed by atoms with Crippen LogP contribution in [0.4, 0.5) is 0 Å². The van der Waals surface area contributed by atoms with Crippen molar-refractivity contribution in [1.82, 2.24) is 0 Å². The summed E-state index contributed by atoms with van der Waals surface area (Å²) in [4.78, 5) is 2.35. The number of thiophene rings is 3. The number of methoxy groups -OCH3 is 4. The molecule has 0 aliphatic carbocycles. The van der Waals surface area contributed by atoms with Crippen LogP contribution in [0.2, 0.25) is 0 Å². The van der Waals surface area contributed by atoms with Gasteiger partial charge in [0.25, 0.3) is 0 Å². The Hall–Kier alpha value is -2.74. The van der Waals surface area contributed by atoms with Gasteiger partial charge >= 0.3 is 0 Å². The molecule has 7 heteroatoms. The fourth-order valence-electron chi connectivity index (χ4n) is 3.61. The molecule has 0 fully saturated rings. The SMILES string of the molecule is COc1ccc(OC)c(-c2cc3sc4cc(-c5cc(OC)ccc5OC)sc4c3s2)c1. The Labute approximate surface area is 192 Å². The van der Waals surface area contributed by atoms with E-state index in [-0.39, 0.29) is 0 Å². The van der Waals surface area contributed by atoms with Crippen LogP contribution >= 0.6 is 34.0 Å². The molecule has 0 aliphatic heterocycles. The maximum atomic E-state index is 5.60. The van der Waals surface area contributed by atoms with Crippen molar-refractivity contribution >= 4 is 52.8 Å². The fourth-order valence-corrected chi connectivity index (χ4v) is 7.68. The molecule has 5 aromatic rings. The van der Waals surface area contributed by atoms with Gasteiger partial charge in [-0.15, -0.1) is 34.0 Å². The monoisotopic (exact) mass is 468 g/mol. The van der Waals surface area contributed by atoms with E-state index in [1.807, 2.05) is 47.7 Å². The van der Waals surface area contributed by atoms with Gasteiger partial charge in [0.1, 0.15) is 23.0 Å². The quantitative estimate of drug-likeness (QED) is 0.258. The summed E-state index contributed by atoms with van der Waals surface area (Å²) in [5, 5.41) is 0. The van der Waals surface area contributed by atoms with Gasteiger partial charge in [0.05, 0.1) is 37.8 Å². The predicted molar refractivity (Wildman–Crippen MR) is 132 cm³/mol. The van der Waals surface area contributed by atoms with Crippen molar-refractivity contribution in [2.45, 2.75) is 0 Å². The van der Waals surface area contributed by atoms with E-state index < -0.39 is 0 Å². The van der Waals surface area contributed by atoms with Crippen LogP contribution in [-0.4, -0.2) is 28.4 Å². The van der Waals surface area contributed by atoms with Gasteiger partial charge in [0.2, 0.25) is 0 Å². The van der Waals surface area contributed by atoms with Gasteiger partial charge in [-0.25, -0.2) is 0 Å². The van der Waals surface area contributed by atoms with Crippen molar-refractivity contribution in [3.63, 3.8) is 0 Å². The summed E-state index contributed by atoms with van der Waals surface area (Å²) in [6.07, 6.45) is 0. The Morgan fingerprint density at radius 1 is 0.516 bits per heavy atom. The van der Waals surface area contributed by atoms with Gasteiger partial charge in [-0.05, 0) is 48.5 Å². The molecular weight excluding hydrogens is 448 g/mol. The van der Waals surface area contributed by atoms with Gasteiger partial charge in [0.15, 0.2) is 0 Å². The number of hydrogen-bond donors (Lipinski definition) is 0. The fraction of sp³-hybridized carbons (Fsp3) is 0.167. The molecule has 0 radical (unpaired) electrons. The zero-order valence-electron chi connectivity index (χ0n) is 17.5. The van der Waals surface area contributed by atoms with Crippen LogP contribution < -0.4 is 18.9 Å². The summed E-state index contributed by atoms with van der Waals surface area (Å²) in [6.45, 7) is 0. The maximum Gasteiger partial charge on any atom is 0.127 e. The zero-order valence-corrected chi connectivity index (χ0v) is 19.9. The van der Waals surface area contributed by atoms with Crippen molar-refractivity contribution in [2.24, 2.45) is 0 Å². The molecule has 158 valence electrons. The summed E-state index contributed by atoms with van der Waals surface area (Å²) < 4.78 is 27.2. The van der Waals surface area contributed by atoms with E-state index in [0.29, 0.717) is 0 Å². The molecule has 0 atom stereocenters. The summed E-state index contributed by atoms with van der Waals surface area (Å²) in [7, 11) is 6.77. The standard InChI is InChI=1S/C24H20O4S3/c1-25-13-5-7-17(27-3)15(9-13)19-11-21-23(30-19)24-22(29-21)12-20(31-24)16-10-14(26-2)6-8-18(16)28-4/h5-12H,1-4H3. The van der Waals surface area contributed by atoms with Crippen LogP contribution in [0.25, 0.3) is 39.7 Å². The molecule has 0 saturated carbocycles. The van der Waals surface area contributed by atoms with Gasteiger partial charge in [-0.2, -0.15) is 0 Å². The van der Waals surface area contributed by atoms with E-state index in [1.54, 1.807) is 51.1 Å². The highest BCUT2D eigenvalue weighted by Crippen LogP contribution is 2.50. The van der Waals surface area contributed by atoms with Gasteiger partial charge in [0, 0.05) is 30.3 Å². The third kappa shape index (κ3) is 3.43. The van der Waals surface area contributed by atoms with Crippen molar-refractivity contribution < 1.29 is 18.9 Å². The average molecular weight is 469 g/mol.